The van der Waals surface area contributed by atoms with Crippen LogP contribution in [0.5, 0.6) is 0 Å². The summed E-state index contributed by atoms with van der Waals surface area (Å²) in [6.07, 6.45) is 4.07. The molecular formula is C15H20BrClO3S. The van der Waals surface area contributed by atoms with Gasteiger partial charge in [0.25, 0.3) is 0 Å². The van der Waals surface area contributed by atoms with Crippen molar-refractivity contribution in [3.63, 3.8) is 0 Å². The predicted molar refractivity (Wildman–Crippen MR) is 89.3 cm³/mol. The quantitative estimate of drug-likeness (QED) is 0.844. The fraction of sp³-hybridized carbons (Fsp3) is 0.600. The van der Waals surface area contributed by atoms with Gasteiger partial charge in [0.2, 0.25) is 0 Å². The maximum absolute atomic E-state index is 11.8. The number of rotatable bonds is 3. The number of aliphatic hydroxyl groups is 1. The van der Waals surface area contributed by atoms with Crippen LogP contribution in [0.25, 0.3) is 0 Å². The van der Waals surface area contributed by atoms with Gasteiger partial charge in [0.15, 0.2) is 0 Å². The van der Waals surface area contributed by atoms with Gasteiger partial charge < -0.3 is 5.11 Å². The van der Waals surface area contributed by atoms with Crippen molar-refractivity contribution in [1.29, 1.82) is 0 Å². The molecule has 0 radical (unpaired) electrons. The zero-order valence-corrected chi connectivity index (χ0v) is 15.3. The average molecular weight is 396 g/mol. The van der Waals surface area contributed by atoms with Crippen molar-refractivity contribution in [3.05, 3.63) is 33.3 Å². The fourth-order valence-electron chi connectivity index (χ4n) is 3.16. The minimum absolute atomic E-state index is 0.107. The van der Waals surface area contributed by atoms with Gasteiger partial charge in [-0.15, -0.1) is 0 Å². The summed E-state index contributed by atoms with van der Waals surface area (Å²) in [7, 11) is -3.07. The molecule has 3 nitrogen and oxygen atoms in total. The number of hydrogen-bond donors (Lipinski definition) is 1. The molecule has 2 rings (SSSR count). The first kappa shape index (κ1) is 17.3. The van der Waals surface area contributed by atoms with Crippen LogP contribution in [0, 0.1) is 5.92 Å². The van der Waals surface area contributed by atoms with E-state index in [0.717, 1.165) is 17.3 Å². The molecule has 0 amide bonds. The number of halogens is 2. The lowest BCUT2D eigenvalue weighted by Gasteiger charge is -2.39. The first-order valence-electron chi connectivity index (χ1n) is 6.99. The van der Waals surface area contributed by atoms with Crippen LogP contribution in [0.15, 0.2) is 22.7 Å². The third-order valence-corrected chi connectivity index (χ3v) is 6.95. The minimum atomic E-state index is -3.07. The van der Waals surface area contributed by atoms with Gasteiger partial charge >= 0.3 is 0 Å². The van der Waals surface area contributed by atoms with Gasteiger partial charge in [-0.1, -0.05) is 40.0 Å². The number of sulfone groups is 1. The van der Waals surface area contributed by atoms with E-state index in [1.54, 1.807) is 19.1 Å². The molecule has 1 aliphatic carbocycles. The Morgan fingerprint density at radius 3 is 2.62 bits per heavy atom. The summed E-state index contributed by atoms with van der Waals surface area (Å²) in [5.74, 6) is -0.107. The van der Waals surface area contributed by atoms with Crippen molar-refractivity contribution in [2.24, 2.45) is 5.92 Å². The molecule has 0 heterocycles. The Kier molecular flexibility index (Phi) is 5.08. The van der Waals surface area contributed by atoms with Crippen molar-refractivity contribution in [3.8, 4) is 0 Å². The van der Waals surface area contributed by atoms with Gasteiger partial charge in [-0.2, -0.15) is 0 Å². The van der Waals surface area contributed by atoms with E-state index in [1.807, 2.05) is 6.07 Å². The van der Waals surface area contributed by atoms with Crippen LogP contribution in [-0.4, -0.2) is 25.0 Å². The highest BCUT2D eigenvalue weighted by Gasteiger charge is 2.40. The van der Waals surface area contributed by atoms with Crippen LogP contribution in [0.3, 0.4) is 0 Å². The van der Waals surface area contributed by atoms with Crippen LogP contribution in [0.2, 0.25) is 5.02 Å². The molecular weight excluding hydrogens is 376 g/mol. The van der Waals surface area contributed by atoms with Crippen LogP contribution in [0.1, 0.15) is 38.2 Å². The molecule has 0 spiro atoms. The third kappa shape index (κ3) is 3.81. The van der Waals surface area contributed by atoms with E-state index in [0.29, 0.717) is 23.4 Å². The second-order valence-corrected chi connectivity index (χ2v) is 9.74. The molecule has 0 aliphatic heterocycles. The first-order chi connectivity index (χ1) is 9.62. The molecule has 6 heteroatoms. The van der Waals surface area contributed by atoms with E-state index in [4.69, 9.17) is 11.6 Å². The maximum atomic E-state index is 11.8. The SMILES string of the molecule is CC(O)(c1ccc(Br)cc1Cl)C1CCCC(S(C)(=O)=O)C1. The summed E-state index contributed by atoms with van der Waals surface area (Å²) < 4.78 is 24.4. The van der Waals surface area contributed by atoms with E-state index in [9.17, 15) is 13.5 Å². The zero-order valence-electron chi connectivity index (χ0n) is 12.1. The van der Waals surface area contributed by atoms with Crippen molar-refractivity contribution in [1.82, 2.24) is 0 Å². The van der Waals surface area contributed by atoms with E-state index < -0.39 is 15.4 Å². The highest BCUT2D eigenvalue weighted by Crippen LogP contribution is 2.43. The Hall–Kier alpha value is -0.100. The summed E-state index contributed by atoms with van der Waals surface area (Å²) in [5, 5.41) is 11.1. The first-order valence-corrected chi connectivity index (χ1v) is 10.1. The van der Waals surface area contributed by atoms with Gasteiger partial charge in [0.1, 0.15) is 9.84 Å². The summed E-state index contributed by atoms with van der Waals surface area (Å²) in [5.41, 5.74) is -0.465. The third-order valence-electron chi connectivity index (χ3n) is 4.50. The lowest BCUT2D eigenvalue weighted by atomic mass is 9.74. The normalized spacial score (nSPS) is 26.3. The van der Waals surface area contributed by atoms with E-state index in [2.05, 4.69) is 15.9 Å². The molecule has 118 valence electrons. The number of benzene rings is 1. The van der Waals surface area contributed by atoms with Crippen LogP contribution in [-0.2, 0) is 15.4 Å². The highest BCUT2D eigenvalue weighted by atomic mass is 79.9. The minimum Gasteiger partial charge on any atom is -0.385 e. The largest absolute Gasteiger partial charge is 0.385 e. The Morgan fingerprint density at radius 1 is 1.38 bits per heavy atom. The van der Waals surface area contributed by atoms with Crippen molar-refractivity contribution >= 4 is 37.4 Å². The molecule has 21 heavy (non-hydrogen) atoms. The van der Waals surface area contributed by atoms with Crippen LogP contribution in [0.4, 0.5) is 0 Å². The molecule has 1 aromatic rings. The second kappa shape index (κ2) is 6.19. The summed E-state index contributed by atoms with van der Waals surface area (Å²) in [4.78, 5) is 0. The topological polar surface area (TPSA) is 54.4 Å². The van der Waals surface area contributed by atoms with Crippen LogP contribution < -0.4 is 0 Å². The molecule has 0 bridgehead atoms. The van der Waals surface area contributed by atoms with E-state index in [-0.39, 0.29) is 11.2 Å². The molecule has 0 aromatic heterocycles. The Labute approximate surface area is 139 Å². The van der Waals surface area contributed by atoms with E-state index >= 15 is 0 Å². The molecule has 1 N–H and O–H groups in total. The monoisotopic (exact) mass is 394 g/mol. The van der Waals surface area contributed by atoms with Gasteiger partial charge in [0, 0.05) is 21.3 Å². The standard InChI is InChI=1S/C15H20BrClO3S/c1-15(18,13-7-6-11(16)9-14(13)17)10-4-3-5-12(8-10)21(2,19)20/h6-7,9-10,12,18H,3-5,8H2,1-2H3. The van der Waals surface area contributed by atoms with Gasteiger partial charge in [-0.05, 0) is 44.2 Å². The highest BCUT2D eigenvalue weighted by molar-refractivity contribution is 9.10. The summed E-state index contributed by atoms with van der Waals surface area (Å²) in [6.45, 7) is 1.73. The van der Waals surface area contributed by atoms with Crippen molar-refractivity contribution in [2.75, 3.05) is 6.26 Å². The molecule has 1 aliphatic rings. The predicted octanol–water partition coefficient (Wildman–Crippen LogP) is 3.91. The fourth-order valence-corrected chi connectivity index (χ4v) is 5.21. The Morgan fingerprint density at radius 2 is 2.05 bits per heavy atom. The lowest BCUT2D eigenvalue weighted by Crippen LogP contribution is -2.39. The Bertz CT molecular complexity index is 628. The van der Waals surface area contributed by atoms with Crippen molar-refractivity contribution in [2.45, 2.75) is 43.5 Å². The molecule has 0 saturated heterocycles. The smallest absolute Gasteiger partial charge is 0.150 e. The average Bonchev–Trinajstić information content (AvgIpc) is 2.37. The van der Waals surface area contributed by atoms with Crippen molar-refractivity contribution < 1.29 is 13.5 Å². The Balaban J connectivity index is 2.30. The van der Waals surface area contributed by atoms with Crippen LogP contribution >= 0.6 is 27.5 Å². The molecule has 1 saturated carbocycles. The second-order valence-electron chi connectivity index (χ2n) is 6.09. The summed E-state index contributed by atoms with van der Waals surface area (Å²) in [6, 6.07) is 5.39. The van der Waals surface area contributed by atoms with Gasteiger partial charge in [-0.3, -0.25) is 0 Å². The molecule has 1 fully saturated rings. The summed E-state index contributed by atoms with van der Waals surface area (Å²) >= 11 is 9.60. The molecule has 1 aromatic carbocycles. The van der Waals surface area contributed by atoms with Gasteiger partial charge in [-0.25, -0.2) is 8.42 Å². The molecule has 3 atom stereocenters. The maximum Gasteiger partial charge on any atom is 0.150 e. The zero-order chi connectivity index (χ0) is 15.8. The van der Waals surface area contributed by atoms with Gasteiger partial charge in [0.05, 0.1) is 10.9 Å². The number of hydrogen-bond acceptors (Lipinski definition) is 3. The molecule has 3 unspecified atom stereocenters. The van der Waals surface area contributed by atoms with E-state index in [1.165, 1.54) is 6.26 Å². The lowest BCUT2D eigenvalue weighted by molar-refractivity contribution is -0.0207.